The molecule has 1 aromatic rings. The molecular weight excluding hydrogens is 304 g/mol. The molecule has 2 rings (SSSR count). The van der Waals surface area contributed by atoms with Crippen molar-refractivity contribution in [1.82, 2.24) is 10.0 Å². The normalized spacial score (nSPS) is 13.1. The SMILES string of the molecule is CC(C)=NN.NNc1ccncc1C(=O)ON1C(=O)CCC1=O. The Morgan fingerprint density at radius 3 is 2.39 bits per heavy atom. The summed E-state index contributed by atoms with van der Waals surface area (Å²) in [4.78, 5) is 42.8. The smallest absolute Gasteiger partial charge is 0.325 e. The van der Waals surface area contributed by atoms with Crippen molar-refractivity contribution in [3.8, 4) is 0 Å². The molecule has 2 amide bonds. The number of nitrogens with zero attached hydrogens (tertiary/aromatic N) is 3. The van der Waals surface area contributed by atoms with Crippen LogP contribution < -0.4 is 17.1 Å². The Bertz CT molecular complexity index is 611. The molecule has 1 aliphatic heterocycles. The van der Waals surface area contributed by atoms with Gasteiger partial charge in [-0.2, -0.15) is 5.10 Å². The molecule has 2 heterocycles. The predicted octanol–water partition coefficient (Wildman–Crippen LogP) is -0.0711. The van der Waals surface area contributed by atoms with E-state index in [1.165, 1.54) is 18.5 Å². The summed E-state index contributed by atoms with van der Waals surface area (Å²) in [6, 6.07) is 1.46. The van der Waals surface area contributed by atoms with E-state index in [1.54, 1.807) is 0 Å². The number of hydrazine groups is 1. The molecule has 5 N–H and O–H groups in total. The van der Waals surface area contributed by atoms with Crippen molar-refractivity contribution in [3.63, 3.8) is 0 Å². The Morgan fingerprint density at radius 1 is 1.35 bits per heavy atom. The maximum Gasteiger partial charge on any atom is 0.367 e. The molecule has 1 aliphatic rings. The third-order valence-electron chi connectivity index (χ3n) is 2.63. The van der Waals surface area contributed by atoms with Gasteiger partial charge in [-0.05, 0) is 19.9 Å². The largest absolute Gasteiger partial charge is 0.367 e. The van der Waals surface area contributed by atoms with Gasteiger partial charge in [0.2, 0.25) is 0 Å². The van der Waals surface area contributed by atoms with Crippen molar-refractivity contribution >= 4 is 29.2 Å². The van der Waals surface area contributed by atoms with Gasteiger partial charge in [-0.15, -0.1) is 5.06 Å². The Morgan fingerprint density at radius 2 is 1.91 bits per heavy atom. The summed E-state index contributed by atoms with van der Waals surface area (Å²) in [6.45, 7) is 3.69. The summed E-state index contributed by atoms with van der Waals surface area (Å²) < 4.78 is 0. The van der Waals surface area contributed by atoms with Gasteiger partial charge in [0.05, 0.1) is 5.69 Å². The van der Waals surface area contributed by atoms with Crippen LogP contribution >= 0.6 is 0 Å². The van der Waals surface area contributed by atoms with Crippen LogP contribution in [0.25, 0.3) is 0 Å². The number of nitrogen functional groups attached to an aromatic ring is 1. The Hall–Kier alpha value is -3.01. The lowest BCUT2D eigenvalue weighted by atomic mass is 10.2. The number of amides is 2. The Kier molecular flexibility index (Phi) is 6.62. The molecule has 1 saturated heterocycles. The molecule has 23 heavy (non-hydrogen) atoms. The van der Waals surface area contributed by atoms with E-state index in [0.717, 1.165) is 5.71 Å². The molecule has 0 atom stereocenters. The fourth-order valence-electron chi connectivity index (χ4n) is 1.47. The quantitative estimate of drug-likeness (QED) is 0.302. The zero-order valence-electron chi connectivity index (χ0n) is 12.8. The number of imide groups is 1. The van der Waals surface area contributed by atoms with Crippen LogP contribution in [0, 0.1) is 0 Å². The third kappa shape index (κ3) is 5.04. The summed E-state index contributed by atoms with van der Waals surface area (Å²) in [7, 11) is 0. The molecule has 1 fully saturated rings. The van der Waals surface area contributed by atoms with Gasteiger partial charge in [0.15, 0.2) is 0 Å². The molecule has 0 bridgehead atoms. The maximum absolute atomic E-state index is 11.8. The lowest BCUT2D eigenvalue weighted by Crippen LogP contribution is -2.32. The highest BCUT2D eigenvalue weighted by molar-refractivity contribution is 6.03. The highest BCUT2D eigenvalue weighted by Gasteiger charge is 2.33. The summed E-state index contributed by atoms with van der Waals surface area (Å²) in [5.41, 5.74) is 3.52. The number of hydrogen-bond donors (Lipinski definition) is 3. The molecule has 0 unspecified atom stereocenters. The first-order valence-electron chi connectivity index (χ1n) is 6.60. The third-order valence-corrected chi connectivity index (χ3v) is 2.63. The maximum atomic E-state index is 11.8. The van der Waals surface area contributed by atoms with E-state index in [0.29, 0.717) is 5.06 Å². The van der Waals surface area contributed by atoms with Gasteiger partial charge in [0, 0.05) is 30.9 Å². The first kappa shape index (κ1) is 18.0. The van der Waals surface area contributed by atoms with Crippen LogP contribution in [0.15, 0.2) is 23.6 Å². The fraction of sp³-hybridized carbons (Fsp3) is 0.308. The van der Waals surface area contributed by atoms with Crippen molar-refractivity contribution in [2.24, 2.45) is 16.8 Å². The second-order valence-electron chi connectivity index (χ2n) is 4.60. The molecule has 0 radical (unpaired) electrons. The van der Waals surface area contributed by atoms with Crippen molar-refractivity contribution in [2.75, 3.05) is 5.43 Å². The average Bonchev–Trinajstić information content (AvgIpc) is 2.87. The van der Waals surface area contributed by atoms with Crippen molar-refractivity contribution in [1.29, 1.82) is 0 Å². The molecule has 0 spiro atoms. The van der Waals surface area contributed by atoms with Crippen LogP contribution in [0.2, 0.25) is 0 Å². The van der Waals surface area contributed by atoms with Crippen LogP contribution in [-0.4, -0.2) is 33.5 Å². The van der Waals surface area contributed by atoms with Crippen molar-refractivity contribution in [2.45, 2.75) is 26.7 Å². The number of hydrogen-bond acceptors (Lipinski definition) is 9. The molecular formula is C13H18N6O4. The molecule has 10 nitrogen and oxygen atoms in total. The summed E-state index contributed by atoms with van der Waals surface area (Å²) in [5.74, 6) is 8.02. The molecule has 124 valence electrons. The van der Waals surface area contributed by atoms with E-state index in [9.17, 15) is 14.4 Å². The van der Waals surface area contributed by atoms with Crippen LogP contribution in [0.5, 0.6) is 0 Å². The number of hydroxylamine groups is 2. The summed E-state index contributed by atoms with van der Waals surface area (Å²) in [6.07, 6.45) is 2.74. The monoisotopic (exact) mass is 322 g/mol. The van der Waals surface area contributed by atoms with Crippen molar-refractivity contribution in [3.05, 3.63) is 24.0 Å². The summed E-state index contributed by atoms with van der Waals surface area (Å²) in [5, 5.41) is 3.77. The fourth-order valence-corrected chi connectivity index (χ4v) is 1.47. The van der Waals surface area contributed by atoms with Crippen LogP contribution in [-0.2, 0) is 14.4 Å². The van der Waals surface area contributed by atoms with E-state index in [4.69, 9.17) is 16.5 Å². The Labute approximate surface area is 132 Å². The highest BCUT2D eigenvalue weighted by Crippen LogP contribution is 2.17. The highest BCUT2D eigenvalue weighted by atomic mass is 16.7. The first-order chi connectivity index (χ1) is 10.9. The van der Waals surface area contributed by atoms with E-state index < -0.39 is 17.8 Å². The van der Waals surface area contributed by atoms with Gasteiger partial charge in [-0.1, -0.05) is 0 Å². The number of nitrogens with two attached hydrogens (primary N) is 2. The number of pyridine rings is 1. The van der Waals surface area contributed by atoms with Gasteiger partial charge in [-0.3, -0.25) is 20.4 Å². The molecule has 0 aliphatic carbocycles. The van der Waals surface area contributed by atoms with E-state index in [1.807, 2.05) is 13.8 Å². The topological polar surface area (TPSA) is 153 Å². The number of carbonyl (C=O) groups excluding carboxylic acids is 3. The van der Waals surface area contributed by atoms with Gasteiger partial charge < -0.3 is 16.1 Å². The van der Waals surface area contributed by atoms with E-state index in [2.05, 4.69) is 15.5 Å². The lowest BCUT2D eigenvalue weighted by molar-refractivity contribution is -0.172. The standard InChI is InChI=1S/C10H10N4O4.C3H8N2/c11-13-7-3-4-12-5-6(7)10(17)18-14-8(15)1-2-9(14)16;1-3(2)5-4/h3-5H,1-2,11H2,(H,12,13);4H2,1-2H3. The van der Waals surface area contributed by atoms with E-state index in [-0.39, 0.29) is 24.1 Å². The second kappa shape index (κ2) is 8.44. The Balaban J connectivity index is 0.000000463. The molecule has 10 heteroatoms. The van der Waals surface area contributed by atoms with Crippen LogP contribution in [0.3, 0.4) is 0 Å². The number of aromatic nitrogens is 1. The number of hydrazone groups is 1. The first-order valence-corrected chi connectivity index (χ1v) is 6.60. The van der Waals surface area contributed by atoms with Crippen LogP contribution in [0.1, 0.15) is 37.0 Å². The average molecular weight is 322 g/mol. The zero-order chi connectivity index (χ0) is 17.4. The predicted molar refractivity (Wildman–Crippen MR) is 81.5 cm³/mol. The van der Waals surface area contributed by atoms with Gasteiger partial charge in [0.25, 0.3) is 11.8 Å². The van der Waals surface area contributed by atoms with E-state index >= 15 is 0 Å². The minimum Gasteiger partial charge on any atom is -0.325 e. The van der Waals surface area contributed by atoms with Gasteiger partial charge in [0.1, 0.15) is 5.56 Å². The minimum absolute atomic E-state index is 0.0347. The minimum atomic E-state index is -0.875. The van der Waals surface area contributed by atoms with Gasteiger partial charge >= 0.3 is 5.97 Å². The lowest BCUT2D eigenvalue weighted by Gasteiger charge is -2.13. The van der Waals surface area contributed by atoms with Crippen molar-refractivity contribution < 1.29 is 19.2 Å². The molecule has 1 aromatic heterocycles. The van der Waals surface area contributed by atoms with Crippen LogP contribution in [0.4, 0.5) is 5.69 Å². The second-order valence-corrected chi connectivity index (χ2v) is 4.60. The molecule has 0 aromatic carbocycles. The molecule has 0 saturated carbocycles. The summed E-state index contributed by atoms with van der Waals surface area (Å²) >= 11 is 0. The zero-order valence-corrected chi connectivity index (χ0v) is 12.8. The number of rotatable bonds is 3. The van der Waals surface area contributed by atoms with Gasteiger partial charge in [-0.25, -0.2) is 4.79 Å². The number of carbonyl (C=O) groups is 3. The number of nitrogens with one attached hydrogen (secondary N) is 1. The number of anilines is 1.